The number of hydrogen-bond acceptors (Lipinski definition) is 4. The highest BCUT2D eigenvalue weighted by Crippen LogP contribution is 2.51. The van der Waals surface area contributed by atoms with Crippen LogP contribution in [0, 0.1) is 0 Å². The highest BCUT2D eigenvalue weighted by atomic mass is 15.3. The standard InChI is InChI=1S/C23H24N4/c1-15(2)23-25-21(24-17-8-4-3-5-9-17)13-22(26-23)27-14-16-12-20(27)19-11-7-6-10-18(16)19/h3-11,13,15-16,20H,12,14H2,1-2H3,(H,24,25,26)/t16-,20+/m1/s1. The minimum Gasteiger partial charge on any atom is -0.349 e. The highest BCUT2D eigenvalue weighted by Gasteiger charge is 2.42. The first kappa shape index (κ1) is 16.3. The molecule has 3 aromatic rings. The van der Waals surface area contributed by atoms with Gasteiger partial charge in [-0.25, -0.2) is 9.97 Å². The topological polar surface area (TPSA) is 41.1 Å². The molecule has 4 heteroatoms. The quantitative estimate of drug-likeness (QED) is 0.680. The molecule has 0 spiro atoms. The van der Waals surface area contributed by atoms with Gasteiger partial charge in [-0.1, -0.05) is 56.3 Å². The molecule has 0 radical (unpaired) electrons. The zero-order valence-corrected chi connectivity index (χ0v) is 15.8. The number of hydrogen-bond donors (Lipinski definition) is 1. The SMILES string of the molecule is CC(C)c1nc(Nc2ccccc2)cc(N2C[C@H]3C[C@H]2c2ccccc23)n1. The van der Waals surface area contributed by atoms with E-state index in [0.717, 1.165) is 29.7 Å². The number of anilines is 3. The van der Waals surface area contributed by atoms with Crippen molar-refractivity contribution < 1.29 is 0 Å². The molecule has 1 aliphatic heterocycles. The van der Waals surface area contributed by atoms with Gasteiger partial charge in [-0.2, -0.15) is 0 Å². The van der Waals surface area contributed by atoms with Crippen LogP contribution in [-0.2, 0) is 0 Å². The molecule has 27 heavy (non-hydrogen) atoms. The maximum atomic E-state index is 4.92. The fourth-order valence-corrected chi connectivity index (χ4v) is 4.39. The molecule has 0 amide bonds. The summed E-state index contributed by atoms with van der Waals surface area (Å²) in [6.45, 7) is 5.34. The Morgan fingerprint density at radius 1 is 0.963 bits per heavy atom. The maximum absolute atomic E-state index is 4.92. The van der Waals surface area contributed by atoms with E-state index in [0.29, 0.717) is 12.0 Å². The van der Waals surface area contributed by atoms with Gasteiger partial charge in [-0.05, 0) is 29.7 Å². The molecule has 5 rings (SSSR count). The molecule has 1 fully saturated rings. The summed E-state index contributed by atoms with van der Waals surface area (Å²) >= 11 is 0. The zero-order valence-electron chi connectivity index (χ0n) is 15.8. The van der Waals surface area contributed by atoms with Crippen LogP contribution in [0.25, 0.3) is 0 Å². The second kappa shape index (κ2) is 6.38. The van der Waals surface area contributed by atoms with E-state index in [1.54, 1.807) is 0 Å². The molecule has 1 aliphatic carbocycles. The first-order valence-electron chi connectivity index (χ1n) is 9.75. The molecule has 136 valence electrons. The monoisotopic (exact) mass is 356 g/mol. The van der Waals surface area contributed by atoms with E-state index in [1.807, 2.05) is 18.2 Å². The molecule has 0 saturated carbocycles. The number of nitrogens with one attached hydrogen (secondary N) is 1. The summed E-state index contributed by atoms with van der Waals surface area (Å²) in [5.41, 5.74) is 4.04. The Labute approximate surface area is 160 Å². The molecule has 1 saturated heterocycles. The maximum Gasteiger partial charge on any atom is 0.136 e. The molecule has 2 aliphatic rings. The third kappa shape index (κ3) is 2.85. The van der Waals surface area contributed by atoms with Crippen molar-refractivity contribution in [1.82, 2.24) is 9.97 Å². The van der Waals surface area contributed by atoms with Crippen molar-refractivity contribution in [1.29, 1.82) is 0 Å². The lowest BCUT2D eigenvalue weighted by atomic mass is 9.99. The van der Waals surface area contributed by atoms with Crippen molar-refractivity contribution in [2.45, 2.75) is 38.1 Å². The third-order valence-corrected chi connectivity index (χ3v) is 5.68. The van der Waals surface area contributed by atoms with Crippen molar-refractivity contribution in [2.75, 3.05) is 16.8 Å². The Bertz CT molecular complexity index is 967. The van der Waals surface area contributed by atoms with Gasteiger partial charge in [0.25, 0.3) is 0 Å². The lowest BCUT2D eigenvalue weighted by Crippen LogP contribution is -2.28. The van der Waals surface area contributed by atoms with E-state index >= 15 is 0 Å². The van der Waals surface area contributed by atoms with Crippen molar-refractivity contribution in [3.8, 4) is 0 Å². The summed E-state index contributed by atoms with van der Waals surface area (Å²) in [7, 11) is 0. The van der Waals surface area contributed by atoms with Crippen LogP contribution >= 0.6 is 0 Å². The Balaban J connectivity index is 1.51. The van der Waals surface area contributed by atoms with Gasteiger partial charge >= 0.3 is 0 Å². The Morgan fingerprint density at radius 2 is 1.70 bits per heavy atom. The first-order chi connectivity index (χ1) is 13.2. The van der Waals surface area contributed by atoms with Crippen LogP contribution in [0.5, 0.6) is 0 Å². The second-order valence-electron chi connectivity index (χ2n) is 7.85. The van der Waals surface area contributed by atoms with Crippen LogP contribution in [-0.4, -0.2) is 16.5 Å². The van der Waals surface area contributed by atoms with Crippen molar-refractivity contribution in [3.63, 3.8) is 0 Å². The molecule has 4 nitrogen and oxygen atoms in total. The van der Waals surface area contributed by atoms with Gasteiger partial charge in [-0.15, -0.1) is 0 Å². The van der Waals surface area contributed by atoms with Gasteiger partial charge in [0.05, 0.1) is 6.04 Å². The largest absolute Gasteiger partial charge is 0.349 e. The summed E-state index contributed by atoms with van der Waals surface area (Å²) in [4.78, 5) is 12.1. The number of nitrogens with zero attached hydrogens (tertiary/aromatic N) is 3. The predicted octanol–water partition coefficient (Wildman–Crippen LogP) is 5.39. The minimum absolute atomic E-state index is 0.286. The van der Waals surface area contributed by atoms with Gasteiger partial charge in [0.2, 0.25) is 0 Å². The molecule has 2 aromatic carbocycles. The van der Waals surface area contributed by atoms with E-state index in [-0.39, 0.29) is 5.92 Å². The van der Waals surface area contributed by atoms with Crippen molar-refractivity contribution in [3.05, 3.63) is 77.6 Å². The Kier molecular flexibility index (Phi) is 3.85. The third-order valence-electron chi connectivity index (χ3n) is 5.68. The average Bonchev–Trinajstić information content (AvgIpc) is 3.28. The van der Waals surface area contributed by atoms with Crippen LogP contribution in [0.3, 0.4) is 0 Å². The summed E-state index contributed by atoms with van der Waals surface area (Å²) in [5.74, 6) is 3.70. The average molecular weight is 356 g/mol. The lowest BCUT2D eigenvalue weighted by Gasteiger charge is -2.30. The second-order valence-corrected chi connectivity index (χ2v) is 7.85. The van der Waals surface area contributed by atoms with E-state index < -0.39 is 0 Å². The van der Waals surface area contributed by atoms with Crippen LogP contribution in [0.15, 0.2) is 60.7 Å². The van der Waals surface area contributed by atoms with Crippen LogP contribution in [0.2, 0.25) is 0 Å². The van der Waals surface area contributed by atoms with Gasteiger partial charge in [-0.3, -0.25) is 0 Å². The normalized spacial score (nSPS) is 20.2. The Hall–Kier alpha value is -2.88. The number of benzene rings is 2. The molecule has 1 aromatic heterocycles. The van der Waals surface area contributed by atoms with Crippen LogP contribution in [0.1, 0.15) is 55.1 Å². The summed E-state index contributed by atoms with van der Waals surface area (Å²) in [6.07, 6.45) is 1.20. The number of para-hydroxylation sites is 1. The molecule has 2 bridgehead atoms. The number of aromatic nitrogens is 2. The van der Waals surface area contributed by atoms with Crippen molar-refractivity contribution in [2.24, 2.45) is 0 Å². The smallest absolute Gasteiger partial charge is 0.136 e. The number of fused-ring (bicyclic) bond motifs is 5. The summed E-state index contributed by atoms with van der Waals surface area (Å²) in [5, 5.41) is 3.45. The zero-order chi connectivity index (χ0) is 18.4. The fourth-order valence-electron chi connectivity index (χ4n) is 4.39. The lowest BCUT2D eigenvalue weighted by molar-refractivity contribution is 0.710. The van der Waals surface area contributed by atoms with E-state index in [9.17, 15) is 0 Å². The highest BCUT2D eigenvalue weighted by molar-refractivity contribution is 5.62. The molecule has 2 heterocycles. The number of rotatable bonds is 4. The minimum atomic E-state index is 0.286. The fraction of sp³-hybridized carbons (Fsp3) is 0.304. The van der Waals surface area contributed by atoms with Gasteiger partial charge in [0.15, 0.2) is 0 Å². The Morgan fingerprint density at radius 3 is 2.48 bits per heavy atom. The van der Waals surface area contributed by atoms with Crippen LogP contribution in [0.4, 0.5) is 17.3 Å². The van der Waals surface area contributed by atoms with Gasteiger partial charge < -0.3 is 10.2 Å². The van der Waals surface area contributed by atoms with Crippen molar-refractivity contribution >= 4 is 17.3 Å². The summed E-state index contributed by atoms with van der Waals surface area (Å²) < 4.78 is 0. The summed E-state index contributed by atoms with van der Waals surface area (Å²) in [6, 6.07) is 21.6. The molecule has 0 unspecified atom stereocenters. The van der Waals surface area contributed by atoms with Gasteiger partial charge in [0, 0.05) is 30.1 Å². The molecule has 1 N–H and O–H groups in total. The van der Waals surface area contributed by atoms with E-state index in [4.69, 9.17) is 9.97 Å². The molecule has 2 atom stereocenters. The molecular formula is C23H24N4. The van der Waals surface area contributed by atoms with E-state index in [1.165, 1.54) is 17.5 Å². The first-order valence-corrected chi connectivity index (χ1v) is 9.75. The van der Waals surface area contributed by atoms with Gasteiger partial charge in [0.1, 0.15) is 17.5 Å². The molecular weight excluding hydrogens is 332 g/mol. The van der Waals surface area contributed by atoms with Crippen LogP contribution < -0.4 is 10.2 Å². The predicted molar refractivity (Wildman–Crippen MR) is 110 cm³/mol. The van der Waals surface area contributed by atoms with E-state index in [2.05, 4.69) is 66.5 Å².